The summed E-state index contributed by atoms with van der Waals surface area (Å²) in [6.07, 6.45) is -2.22. The molecule has 1 aromatic carbocycles. The monoisotopic (exact) mass is 489 g/mol. The zero-order valence-corrected chi connectivity index (χ0v) is 20.5. The summed E-state index contributed by atoms with van der Waals surface area (Å²) in [5, 5.41) is 3.51. The van der Waals surface area contributed by atoms with Crippen LogP contribution in [0.1, 0.15) is 58.9 Å². The molecule has 2 aliphatic rings. The SMILES string of the molecule is CC[C@@H](C)CN1C(=O)[C@@H](CC(C)C)NC12CCN(S(=O)(=O)c1cccc(C(F)(F)F)c1)CC2. The zero-order valence-electron chi connectivity index (χ0n) is 19.7. The van der Waals surface area contributed by atoms with Crippen LogP contribution >= 0.6 is 0 Å². The summed E-state index contributed by atoms with van der Waals surface area (Å²) in [7, 11) is -4.08. The quantitative estimate of drug-likeness (QED) is 0.627. The van der Waals surface area contributed by atoms with Gasteiger partial charge in [0.2, 0.25) is 15.9 Å². The zero-order chi connectivity index (χ0) is 24.6. The molecular formula is C23H34F3N3O3S. The first-order valence-corrected chi connectivity index (χ1v) is 13.0. The Kier molecular flexibility index (Phi) is 7.51. The second-order valence-corrected chi connectivity index (χ2v) is 11.7. The minimum absolute atomic E-state index is 0.0539. The first kappa shape index (κ1) is 26.0. The molecule has 6 nitrogen and oxygen atoms in total. The van der Waals surface area contributed by atoms with Crippen molar-refractivity contribution < 1.29 is 26.4 Å². The van der Waals surface area contributed by atoms with E-state index in [0.717, 1.165) is 18.6 Å². The molecule has 1 spiro atoms. The van der Waals surface area contributed by atoms with Gasteiger partial charge in [-0.15, -0.1) is 0 Å². The van der Waals surface area contributed by atoms with Crippen LogP contribution < -0.4 is 5.32 Å². The van der Waals surface area contributed by atoms with Gasteiger partial charge in [0, 0.05) is 19.6 Å². The molecule has 0 bridgehead atoms. The number of rotatable bonds is 7. The molecule has 2 aliphatic heterocycles. The lowest BCUT2D eigenvalue weighted by atomic mass is 9.95. The summed E-state index contributed by atoms with van der Waals surface area (Å²) in [6.45, 7) is 9.13. The average Bonchev–Trinajstić information content (AvgIpc) is 2.98. The third-order valence-electron chi connectivity index (χ3n) is 6.77. The smallest absolute Gasteiger partial charge is 0.323 e. The molecule has 1 amide bonds. The number of hydrogen-bond donors (Lipinski definition) is 1. The molecule has 33 heavy (non-hydrogen) atoms. The van der Waals surface area contributed by atoms with Gasteiger partial charge in [-0.05, 0) is 49.3 Å². The Labute approximate surface area is 194 Å². The highest BCUT2D eigenvalue weighted by Crippen LogP contribution is 2.37. The number of nitrogens with zero attached hydrogens (tertiary/aromatic N) is 2. The second-order valence-electron chi connectivity index (χ2n) is 9.75. The van der Waals surface area contributed by atoms with Crippen LogP contribution in [0.3, 0.4) is 0 Å². The van der Waals surface area contributed by atoms with Gasteiger partial charge in [0.15, 0.2) is 0 Å². The van der Waals surface area contributed by atoms with E-state index in [1.54, 1.807) is 0 Å². The van der Waals surface area contributed by atoms with E-state index in [1.807, 2.05) is 4.90 Å². The lowest BCUT2D eigenvalue weighted by Gasteiger charge is -2.45. The van der Waals surface area contributed by atoms with Crippen LogP contribution in [0.25, 0.3) is 0 Å². The fourth-order valence-electron chi connectivity index (χ4n) is 4.69. The molecule has 2 heterocycles. The van der Waals surface area contributed by atoms with Crippen LogP contribution in [0, 0.1) is 11.8 Å². The number of halogens is 3. The third-order valence-corrected chi connectivity index (χ3v) is 8.67. The van der Waals surface area contributed by atoms with Crippen molar-refractivity contribution in [2.45, 2.75) is 76.2 Å². The van der Waals surface area contributed by atoms with Crippen LogP contribution in [-0.4, -0.2) is 54.9 Å². The third kappa shape index (κ3) is 5.38. The number of carbonyl (C=O) groups excluding carboxylic acids is 1. The number of alkyl halides is 3. The van der Waals surface area contributed by atoms with E-state index in [2.05, 4.69) is 33.0 Å². The van der Waals surface area contributed by atoms with Gasteiger partial charge in [-0.1, -0.05) is 40.2 Å². The Hall–Kier alpha value is -1.65. The molecule has 1 aromatic rings. The molecule has 0 aliphatic carbocycles. The van der Waals surface area contributed by atoms with E-state index in [4.69, 9.17) is 0 Å². The average molecular weight is 490 g/mol. The van der Waals surface area contributed by atoms with Crippen molar-refractivity contribution in [1.29, 1.82) is 0 Å². The molecule has 2 saturated heterocycles. The Morgan fingerprint density at radius 3 is 2.36 bits per heavy atom. The van der Waals surface area contributed by atoms with E-state index < -0.39 is 27.4 Å². The molecule has 1 N–H and O–H groups in total. The highest BCUT2D eigenvalue weighted by Gasteiger charge is 2.52. The maximum Gasteiger partial charge on any atom is 0.416 e. The molecule has 0 unspecified atom stereocenters. The second kappa shape index (κ2) is 9.54. The van der Waals surface area contributed by atoms with E-state index in [-0.39, 0.29) is 29.9 Å². The maximum atomic E-state index is 13.2. The van der Waals surface area contributed by atoms with Gasteiger partial charge in [0.1, 0.15) is 0 Å². The maximum absolute atomic E-state index is 13.2. The van der Waals surface area contributed by atoms with E-state index in [0.29, 0.717) is 43.7 Å². The molecule has 10 heteroatoms. The first-order chi connectivity index (χ1) is 15.3. The van der Waals surface area contributed by atoms with Crippen LogP contribution in [0.15, 0.2) is 29.2 Å². The summed E-state index contributed by atoms with van der Waals surface area (Å²) >= 11 is 0. The van der Waals surface area contributed by atoms with Crippen LogP contribution in [0.2, 0.25) is 0 Å². The molecule has 2 atom stereocenters. The van der Waals surface area contributed by atoms with Crippen molar-refractivity contribution in [2.24, 2.45) is 11.8 Å². The fourth-order valence-corrected chi connectivity index (χ4v) is 6.18. The Balaban J connectivity index is 1.81. The lowest BCUT2D eigenvalue weighted by Crippen LogP contribution is -2.60. The molecular weight excluding hydrogens is 455 g/mol. The summed E-state index contributed by atoms with van der Waals surface area (Å²) < 4.78 is 66.7. The molecule has 0 aromatic heterocycles. The van der Waals surface area contributed by atoms with Crippen molar-refractivity contribution >= 4 is 15.9 Å². The van der Waals surface area contributed by atoms with Gasteiger partial charge in [-0.3, -0.25) is 10.1 Å². The predicted molar refractivity (Wildman–Crippen MR) is 120 cm³/mol. The minimum Gasteiger partial charge on any atom is -0.323 e. The molecule has 2 fully saturated rings. The van der Waals surface area contributed by atoms with E-state index in [1.165, 1.54) is 10.4 Å². The Morgan fingerprint density at radius 2 is 1.82 bits per heavy atom. The van der Waals surface area contributed by atoms with Gasteiger partial charge in [0.25, 0.3) is 0 Å². The summed E-state index contributed by atoms with van der Waals surface area (Å²) in [5.74, 6) is 0.684. The number of amides is 1. The normalized spacial score (nSPS) is 23.0. The fraction of sp³-hybridized carbons (Fsp3) is 0.696. The number of sulfonamides is 1. The van der Waals surface area contributed by atoms with Gasteiger partial charge in [-0.25, -0.2) is 8.42 Å². The largest absolute Gasteiger partial charge is 0.416 e. The van der Waals surface area contributed by atoms with Gasteiger partial charge in [0.05, 0.1) is 22.2 Å². The topological polar surface area (TPSA) is 69.7 Å². The van der Waals surface area contributed by atoms with Crippen LogP contribution in [0.4, 0.5) is 13.2 Å². The predicted octanol–water partition coefficient (Wildman–Crippen LogP) is 4.08. The first-order valence-electron chi connectivity index (χ1n) is 11.6. The van der Waals surface area contributed by atoms with Crippen LogP contribution in [0.5, 0.6) is 0 Å². The number of carbonyl (C=O) groups is 1. The van der Waals surface area contributed by atoms with Crippen LogP contribution in [-0.2, 0) is 21.0 Å². The highest BCUT2D eigenvalue weighted by atomic mass is 32.2. The number of hydrogen-bond acceptors (Lipinski definition) is 4. The number of nitrogens with one attached hydrogen (secondary N) is 1. The molecule has 3 rings (SSSR count). The summed E-state index contributed by atoms with van der Waals surface area (Å²) in [5.41, 5.74) is -1.61. The van der Waals surface area contributed by atoms with Crippen molar-refractivity contribution in [3.63, 3.8) is 0 Å². The standard InChI is InChI=1S/C23H34F3N3O3S/c1-5-17(4)15-29-21(30)20(13-16(2)3)27-22(29)9-11-28(12-10-22)33(31,32)19-8-6-7-18(14-19)23(24,25)26/h6-8,14,16-17,20,27H,5,9-13,15H2,1-4H3/t17-,20-/m1/s1. The number of piperidine rings is 1. The molecule has 186 valence electrons. The summed E-state index contributed by atoms with van der Waals surface area (Å²) in [6, 6.07) is 3.55. The van der Waals surface area contributed by atoms with E-state index in [9.17, 15) is 26.4 Å². The number of benzene rings is 1. The van der Waals surface area contributed by atoms with Gasteiger partial charge >= 0.3 is 6.18 Å². The lowest BCUT2D eigenvalue weighted by molar-refractivity contribution is -0.137. The summed E-state index contributed by atoms with van der Waals surface area (Å²) in [4.78, 5) is 14.8. The van der Waals surface area contributed by atoms with Crippen molar-refractivity contribution in [1.82, 2.24) is 14.5 Å². The highest BCUT2D eigenvalue weighted by molar-refractivity contribution is 7.89. The molecule has 0 radical (unpaired) electrons. The van der Waals surface area contributed by atoms with Gasteiger partial charge < -0.3 is 4.90 Å². The van der Waals surface area contributed by atoms with Gasteiger partial charge in [-0.2, -0.15) is 17.5 Å². The van der Waals surface area contributed by atoms with Crippen molar-refractivity contribution in [2.75, 3.05) is 19.6 Å². The van der Waals surface area contributed by atoms with Crippen molar-refractivity contribution in [3.8, 4) is 0 Å². The Morgan fingerprint density at radius 1 is 1.18 bits per heavy atom. The van der Waals surface area contributed by atoms with Crippen molar-refractivity contribution in [3.05, 3.63) is 29.8 Å². The molecule has 0 saturated carbocycles. The Bertz CT molecular complexity index is 957. The van der Waals surface area contributed by atoms with E-state index >= 15 is 0 Å². The minimum atomic E-state index is -4.62.